The SMILES string of the molecule is CCCCOc1ncccc1CNC(=O)C1Oc2ccccc2OC1C. The van der Waals surface area contributed by atoms with E-state index in [9.17, 15) is 4.79 Å². The number of para-hydroxylation sites is 2. The second-order valence-corrected chi connectivity index (χ2v) is 6.20. The quantitative estimate of drug-likeness (QED) is 0.772. The summed E-state index contributed by atoms with van der Waals surface area (Å²) in [4.78, 5) is 16.8. The smallest absolute Gasteiger partial charge is 0.265 e. The number of carbonyl (C=O) groups is 1. The molecule has 1 amide bonds. The van der Waals surface area contributed by atoms with Gasteiger partial charge < -0.3 is 19.5 Å². The second kappa shape index (κ2) is 8.56. The summed E-state index contributed by atoms with van der Waals surface area (Å²) < 4.78 is 17.3. The summed E-state index contributed by atoms with van der Waals surface area (Å²) in [6, 6.07) is 11.1. The van der Waals surface area contributed by atoms with Crippen LogP contribution in [-0.4, -0.2) is 29.7 Å². The van der Waals surface area contributed by atoms with Crippen LogP contribution in [0.4, 0.5) is 0 Å². The molecule has 0 fully saturated rings. The van der Waals surface area contributed by atoms with Crippen LogP contribution in [-0.2, 0) is 11.3 Å². The van der Waals surface area contributed by atoms with Gasteiger partial charge in [0.05, 0.1) is 6.61 Å². The maximum Gasteiger partial charge on any atom is 0.265 e. The molecule has 138 valence electrons. The summed E-state index contributed by atoms with van der Waals surface area (Å²) in [5, 5.41) is 2.90. The van der Waals surface area contributed by atoms with Gasteiger partial charge in [0.1, 0.15) is 6.10 Å². The van der Waals surface area contributed by atoms with Crippen molar-refractivity contribution >= 4 is 5.91 Å². The molecule has 0 bridgehead atoms. The summed E-state index contributed by atoms with van der Waals surface area (Å²) in [5.41, 5.74) is 0.835. The van der Waals surface area contributed by atoms with Crippen molar-refractivity contribution in [1.29, 1.82) is 0 Å². The average molecular weight is 356 g/mol. The molecule has 0 spiro atoms. The number of unbranched alkanes of at least 4 members (excludes halogenated alkanes) is 1. The molecule has 1 aromatic heterocycles. The molecule has 0 radical (unpaired) electrons. The van der Waals surface area contributed by atoms with Crippen molar-refractivity contribution in [2.24, 2.45) is 0 Å². The number of amides is 1. The summed E-state index contributed by atoms with van der Waals surface area (Å²) in [6.45, 7) is 4.86. The van der Waals surface area contributed by atoms with Crippen LogP contribution in [0, 0.1) is 0 Å². The van der Waals surface area contributed by atoms with Gasteiger partial charge in [-0.05, 0) is 31.5 Å². The van der Waals surface area contributed by atoms with Gasteiger partial charge in [0.15, 0.2) is 11.5 Å². The van der Waals surface area contributed by atoms with Gasteiger partial charge >= 0.3 is 0 Å². The molecule has 2 heterocycles. The van der Waals surface area contributed by atoms with Crippen LogP contribution < -0.4 is 19.5 Å². The van der Waals surface area contributed by atoms with Crippen molar-refractivity contribution in [2.45, 2.75) is 45.4 Å². The first-order valence-corrected chi connectivity index (χ1v) is 8.95. The van der Waals surface area contributed by atoms with Gasteiger partial charge in [-0.15, -0.1) is 0 Å². The Morgan fingerprint density at radius 2 is 1.96 bits per heavy atom. The van der Waals surface area contributed by atoms with Crippen LogP contribution in [0.15, 0.2) is 42.6 Å². The molecule has 1 N–H and O–H groups in total. The number of fused-ring (bicyclic) bond motifs is 1. The van der Waals surface area contributed by atoms with Crippen LogP contribution in [0.25, 0.3) is 0 Å². The van der Waals surface area contributed by atoms with Crippen LogP contribution >= 0.6 is 0 Å². The third-order valence-electron chi connectivity index (χ3n) is 4.14. The molecule has 1 aliphatic rings. The van der Waals surface area contributed by atoms with Gasteiger partial charge in [-0.3, -0.25) is 4.79 Å². The van der Waals surface area contributed by atoms with Crippen LogP contribution in [0.2, 0.25) is 0 Å². The van der Waals surface area contributed by atoms with Crippen LogP contribution in [0.5, 0.6) is 17.4 Å². The number of rotatable bonds is 7. The molecule has 2 atom stereocenters. The Morgan fingerprint density at radius 1 is 1.19 bits per heavy atom. The minimum atomic E-state index is -0.703. The van der Waals surface area contributed by atoms with E-state index < -0.39 is 6.10 Å². The number of carbonyl (C=O) groups excluding carboxylic acids is 1. The topological polar surface area (TPSA) is 69.7 Å². The first-order chi connectivity index (χ1) is 12.7. The van der Waals surface area contributed by atoms with Gasteiger partial charge in [-0.1, -0.05) is 31.5 Å². The lowest BCUT2D eigenvalue weighted by Gasteiger charge is -2.31. The molecule has 0 aliphatic carbocycles. The highest BCUT2D eigenvalue weighted by molar-refractivity contribution is 5.82. The average Bonchev–Trinajstić information content (AvgIpc) is 2.66. The van der Waals surface area contributed by atoms with E-state index in [0.717, 1.165) is 18.4 Å². The van der Waals surface area contributed by atoms with Crippen LogP contribution in [0.3, 0.4) is 0 Å². The van der Waals surface area contributed by atoms with Gasteiger partial charge in [-0.2, -0.15) is 0 Å². The molecule has 2 unspecified atom stereocenters. The largest absolute Gasteiger partial charge is 0.482 e. The van der Waals surface area contributed by atoms with Crippen molar-refractivity contribution in [1.82, 2.24) is 10.3 Å². The van der Waals surface area contributed by atoms with E-state index in [1.54, 1.807) is 12.3 Å². The number of hydrogen-bond donors (Lipinski definition) is 1. The van der Waals surface area contributed by atoms with E-state index in [4.69, 9.17) is 14.2 Å². The van der Waals surface area contributed by atoms with Crippen molar-refractivity contribution in [3.8, 4) is 17.4 Å². The molecular formula is C20H24N2O4. The molecule has 6 heteroatoms. The number of nitrogens with zero attached hydrogens (tertiary/aromatic N) is 1. The zero-order valence-corrected chi connectivity index (χ0v) is 15.1. The zero-order chi connectivity index (χ0) is 18.4. The number of ether oxygens (including phenoxy) is 3. The summed E-state index contributed by atoms with van der Waals surface area (Å²) in [5.74, 6) is 1.56. The normalized spacial score (nSPS) is 18.2. The van der Waals surface area contributed by atoms with E-state index in [1.807, 2.05) is 37.3 Å². The molecular weight excluding hydrogens is 332 g/mol. The van der Waals surface area contributed by atoms with Crippen molar-refractivity contribution in [3.05, 3.63) is 48.2 Å². The van der Waals surface area contributed by atoms with Crippen molar-refractivity contribution in [3.63, 3.8) is 0 Å². The van der Waals surface area contributed by atoms with Gasteiger partial charge in [0.2, 0.25) is 12.0 Å². The van der Waals surface area contributed by atoms with E-state index >= 15 is 0 Å². The Balaban J connectivity index is 1.61. The number of aromatic nitrogens is 1. The third-order valence-corrected chi connectivity index (χ3v) is 4.14. The van der Waals surface area contributed by atoms with Crippen molar-refractivity contribution in [2.75, 3.05) is 6.61 Å². The first-order valence-electron chi connectivity index (χ1n) is 8.95. The predicted molar refractivity (Wildman–Crippen MR) is 97.4 cm³/mol. The highest BCUT2D eigenvalue weighted by atomic mass is 16.6. The fourth-order valence-electron chi connectivity index (χ4n) is 2.69. The molecule has 0 saturated heterocycles. The summed E-state index contributed by atoms with van der Waals surface area (Å²) in [6.07, 6.45) is 2.62. The van der Waals surface area contributed by atoms with E-state index in [-0.39, 0.29) is 12.0 Å². The molecule has 6 nitrogen and oxygen atoms in total. The van der Waals surface area contributed by atoms with Gasteiger partial charge in [-0.25, -0.2) is 4.98 Å². The maximum absolute atomic E-state index is 12.6. The molecule has 1 aliphatic heterocycles. The molecule has 2 aromatic rings. The van der Waals surface area contributed by atoms with E-state index in [0.29, 0.717) is 30.5 Å². The monoisotopic (exact) mass is 356 g/mol. The number of benzene rings is 1. The first kappa shape index (κ1) is 18.0. The Bertz CT molecular complexity index is 750. The lowest BCUT2D eigenvalue weighted by Crippen LogP contribution is -2.48. The number of hydrogen-bond acceptors (Lipinski definition) is 5. The fraction of sp³-hybridized carbons (Fsp3) is 0.400. The summed E-state index contributed by atoms with van der Waals surface area (Å²) >= 11 is 0. The van der Waals surface area contributed by atoms with E-state index in [1.165, 1.54) is 0 Å². The number of pyridine rings is 1. The molecule has 0 saturated carbocycles. The Kier molecular flexibility index (Phi) is 5.94. The molecule has 3 rings (SSSR count). The highest BCUT2D eigenvalue weighted by Gasteiger charge is 2.33. The fourth-order valence-corrected chi connectivity index (χ4v) is 2.69. The van der Waals surface area contributed by atoms with Crippen LogP contribution in [0.1, 0.15) is 32.3 Å². The Labute approximate surface area is 153 Å². The second-order valence-electron chi connectivity index (χ2n) is 6.20. The van der Waals surface area contributed by atoms with Gasteiger partial charge in [0, 0.05) is 18.3 Å². The number of nitrogens with one attached hydrogen (secondary N) is 1. The minimum absolute atomic E-state index is 0.227. The lowest BCUT2D eigenvalue weighted by molar-refractivity contribution is -0.133. The Morgan fingerprint density at radius 3 is 2.73 bits per heavy atom. The Hall–Kier alpha value is -2.76. The van der Waals surface area contributed by atoms with E-state index in [2.05, 4.69) is 17.2 Å². The summed E-state index contributed by atoms with van der Waals surface area (Å²) in [7, 11) is 0. The van der Waals surface area contributed by atoms with Crippen molar-refractivity contribution < 1.29 is 19.0 Å². The van der Waals surface area contributed by atoms with Gasteiger partial charge in [0.25, 0.3) is 5.91 Å². The maximum atomic E-state index is 12.6. The highest BCUT2D eigenvalue weighted by Crippen LogP contribution is 2.33. The minimum Gasteiger partial charge on any atom is -0.482 e. The lowest BCUT2D eigenvalue weighted by atomic mass is 10.1. The zero-order valence-electron chi connectivity index (χ0n) is 15.1. The predicted octanol–water partition coefficient (Wildman–Crippen LogP) is 3.11. The standard InChI is InChI=1S/C20H24N2O4/c1-3-4-12-24-20-15(8-7-11-21-20)13-22-19(23)18-14(2)25-16-9-5-6-10-17(16)26-18/h5-11,14,18H,3-4,12-13H2,1-2H3,(H,22,23). The third kappa shape index (κ3) is 4.25. The molecule has 26 heavy (non-hydrogen) atoms. The molecule has 1 aromatic carbocycles.